The molecular weight excluding hydrogens is 369 g/mol. The maximum Gasteiger partial charge on any atom is 0.133 e. The van der Waals surface area contributed by atoms with Gasteiger partial charge in [-0.25, -0.2) is 13.2 Å². The first-order valence-corrected chi connectivity index (χ1v) is 7.14. The van der Waals surface area contributed by atoms with E-state index in [0.717, 1.165) is 4.47 Å². The molecule has 0 aliphatic rings. The van der Waals surface area contributed by atoms with Crippen LogP contribution in [0.4, 0.5) is 13.2 Å². The quantitative estimate of drug-likeness (QED) is 0.615. The number of halogens is 5. The second-order valence-electron chi connectivity index (χ2n) is 4.44. The van der Waals surface area contributed by atoms with Gasteiger partial charge in [0.1, 0.15) is 17.5 Å². The maximum absolute atomic E-state index is 13.8. The highest BCUT2D eigenvalue weighted by Gasteiger charge is 2.21. The van der Waals surface area contributed by atoms with Crippen LogP contribution in [0.5, 0.6) is 0 Å². The van der Waals surface area contributed by atoms with Crippen LogP contribution in [0.2, 0.25) is 5.02 Å². The van der Waals surface area contributed by atoms with Gasteiger partial charge in [-0.1, -0.05) is 33.6 Å². The lowest BCUT2D eigenvalue weighted by molar-refractivity contribution is 0.462. The highest BCUT2D eigenvalue weighted by Crippen LogP contribution is 2.28. The van der Waals surface area contributed by atoms with Gasteiger partial charge >= 0.3 is 0 Å². The van der Waals surface area contributed by atoms with Crippen LogP contribution in [0.25, 0.3) is 0 Å². The summed E-state index contributed by atoms with van der Waals surface area (Å²) >= 11 is 9.35. The fourth-order valence-electron chi connectivity index (χ4n) is 2.04. The van der Waals surface area contributed by atoms with Crippen LogP contribution < -0.4 is 11.3 Å². The minimum atomic E-state index is -0.997. The van der Waals surface area contributed by atoms with Gasteiger partial charge in [0.15, 0.2) is 0 Å². The van der Waals surface area contributed by atoms with Crippen molar-refractivity contribution in [3.63, 3.8) is 0 Å². The topological polar surface area (TPSA) is 38.0 Å². The van der Waals surface area contributed by atoms with Crippen LogP contribution in [-0.2, 0) is 6.42 Å². The highest BCUT2D eigenvalue weighted by molar-refractivity contribution is 9.10. The zero-order valence-electron chi connectivity index (χ0n) is 10.6. The molecule has 2 aromatic rings. The molecule has 0 aliphatic carbocycles. The number of nitrogens with one attached hydrogen (secondary N) is 1. The summed E-state index contributed by atoms with van der Waals surface area (Å²) in [7, 11) is 0. The molecule has 112 valence electrons. The van der Waals surface area contributed by atoms with Crippen LogP contribution in [0, 0.1) is 17.5 Å². The molecule has 0 heterocycles. The minimum absolute atomic E-state index is 0.155. The normalized spacial score (nSPS) is 12.5. The lowest BCUT2D eigenvalue weighted by Gasteiger charge is -2.18. The molecule has 1 atom stereocenters. The van der Waals surface area contributed by atoms with E-state index < -0.39 is 23.5 Å². The van der Waals surface area contributed by atoms with Gasteiger partial charge in [-0.2, -0.15) is 0 Å². The van der Waals surface area contributed by atoms with Gasteiger partial charge in [-0.05, 0) is 24.1 Å². The molecule has 0 radical (unpaired) electrons. The molecule has 7 heteroatoms. The number of hydrogen-bond donors (Lipinski definition) is 2. The average molecular weight is 380 g/mol. The third kappa shape index (κ3) is 3.77. The van der Waals surface area contributed by atoms with E-state index in [1.807, 2.05) is 0 Å². The van der Waals surface area contributed by atoms with Gasteiger partial charge in [0.2, 0.25) is 0 Å². The molecule has 0 saturated heterocycles. The Balaban J connectivity index is 2.37. The van der Waals surface area contributed by atoms with E-state index in [1.54, 1.807) is 18.2 Å². The highest BCUT2D eigenvalue weighted by atomic mass is 79.9. The number of rotatable bonds is 4. The molecular formula is C14H11BrClF3N2. The first-order chi connectivity index (χ1) is 9.92. The fraction of sp³-hybridized carbons (Fsp3) is 0.143. The monoisotopic (exact) mass is 378 g/mol. The van der Waals surface area contributed by atoms with Crippen molar-refractivity contribution in [1.29, 1.82) is 0 Å². The maximum atomic E-state index is 13.8. The zero-order valence-corrected chi connectivity index (χ0v) is 13.0. The van der Waals surface area contributed by atoms with Crippen molar-refractivity contribution in [2.24, 2.45) is 5.84 Å². The van der Waals surface area contributed by atoms with Crippen molar-refractivity contribution in [2.45, 2.75) is 12.5 Å². The molecule has 0 amide bonds. The largest absolute Gasteiger partial charge is 0.271 e. The molecule has 0 saturated carbocycles. The number of benzene rings is 2. The number of hydrogen-bond acceptors (Lipinski definition) is 2. The first-order valence-electron chi connectivity index (χ1n) is 5.97. The van der Waals surface area contributed by atoms with Gasteiger partial charge in [0.25, 0.3) is 0 Å². The third-order valence-corrected chi connectivity index (χ3v) is 3.88. The van der Waals surface area contributed by atoms with E-state index in [2.05, 4.69) is 21.4 Å². The Hall–Kier alpha value is -1.08. The summed E-state index contributed by atoms with van der Waals surface area (Å²) in [5.74, 6) is 2.41. The number of hydrazine groups is 1. The molecule has 1 unspecified atom stereocenters. The van der Waals surface area contributed by atoms with Crippen LogP contribution in [0.3, 0.4) is 0 Å². The summed E-state index contributed by atoms with van der Waals surface area (Å²) in [6, 6.07) is 5.51. The van der Waals surface area contributed by atoms with Gasteiger partial charge in [-0.3, -0.25) is 11.3 Å². The molecule has 0 aromatic heterocycles. The van der Waals surface area contributed by atoms with E-state index in [1.165, 1.54) is 0 Å². The van der Waals surface area contributed by atoms with Crippen LogP contribution in [-0.4, -0.2) is 0 Å². The summed E-state index contributed by atoms with van der Waals surface area (Å²) in [5.41, 5.74) is 2.67. The van der Waals surface area contributed by atoms with Gasteiger partial charge in [0, 0.05) is 27.2 Å². The molecule has 0 bridgehead atoms. The molecule has 0 spiro atoms. The van der Waals surface area contributed by atoms with Crippen molar-refractivity contribution in [3.05, 3.63) is 68.4 Å². The Morgan fingerprint density at radius 1 is 1.14 bits per heavy atom. The molecule has 0 fully saturated rings. The zero-order chi connectivity index (χ0) is 15.6. The summed E-state index contributed by atoms with van der Waals surface area (Å²) in [6.07, 6.45) is 0.155. The summed E-state index contributed by atoms with van der Waals surface area (Å²) < 4.78 is 41.3. The van der Waals surface area contributed by atoms with Gasteiger partial charge < -0.3 is 0 Å². The van der Waals surface area contributed by atoms with Crippen LogP contribution in [0.1, 0.15) is 17.2 Å². The fourth-order valence-corrected chi connectivity index (χ4v) is 2.79. The molecule has 2 rings (SSSR count). The summed E-state index contributed by atoms with van der Waals surface area (Å²) in [6.45, 7) is 0. The average Bonchev–Trinajstić information content (AvgIpc) is 2.39. The number of nitrogens with two attached hydrogens (primary N) is 1. The van der Waals surface area contributed by atoms with Crippen molar-refractivity contribution in [3.8, 4) is 0 Å². The predicted octanol–water partition coefficient (Wildman–Crippen LogP) is 4.27. The second-order valence-corrected chi connectivity index (χ2v) is 5.77. The van der Waals surface area contributed by atoms with Crippen molar-refractivity contribution >= 4 is 27.5 Å². The van der Waals surface area contributed by atoms with Crippen LogP contribution >= 0.6 is 27.5 Å². The lowest BCUT2D eigenvalue weighted by Crippen LogP contribution is -2.31. The predicted molar refractivity (Wildman–Crippen MR) is 79.2 cm³/mol. The molecule has 3 N–H and O–H groups in total. The summed E-state index contributed by atoms with van der Waals surface area (Å²) in [5, 5.41) is 0.438. The smallest absolute Gasteiger partial charge is 0.133 e. The Morgan fingerprint density at radius 3 is 2.29 bits per heavy atom. The van der Waals surface area contributed by atoms with Crippen molar-refractivity contribution in [2.75, 3.05) is 0 Å². The third-order valence-electron chi connectivity index (χ3n) is 3.03. The summed E-state index contributed by atoms with van der Waals surface area (Å²) in [4.78, 5) is 0. The van der Waals surface area contributed by atoms with Gasteiger partial charge in [0.05, 0.1) is 6.04 Å². The van der Waals surface area contributed by atoms with E-state index in [0.29, 0.717) is 22.7 Å². The first kappa shape index (κ1) is 16.3. The van der Waals surface area contributed by atoms with Crippen molar-refractivity contribution in [1.82, 2.24) is 5.43 Å². The van der Waals surface area contributed by atoms with E-state index in [4.69, 9.17) is 17.4 Å². The lowest BCUT2D eigenvalue weighted by atomic mass is 9.98. The second kappa shape index (κ2) is 6.79. The standard InChI is InChI=1S/C14H11BrClF3N2/c15-8-2-1-7(10(16)4-8)3-13(21-20)14-11(18)5-9(17)6-12(14)19/h1-2,4-6,13,21H,3,20H2. The van der Waals surface area contributed by atoms with E-state index in [9.17, 15) is 13.2 Å². The molecule has 0 aliphatic heterocycles. The van der Waals surface area contributed by atoms with E-state index >= 15 is 0 Å². The Kier molecular flexibility index (Phi) is 5.27. The van der Waals surface area contributed by atoms with Crippen LogP contribution in [0.15, 0.2) is 34.8 Å². The Labute approximate surface area is 133 Å². The molecule has 2 nitrogen and oxygen atoms in total. The van der Waals surface area contributed by atoms with E-state index in [-0.39, 0.29) is 12.0 Å². The van der Waals surface area contributed by atoms with Gasteiger partial charge in [-0.15, -0.1) is 0 Å². The van der Waals surface area contributed by atoms with Crippen molar-refractivity contribution < 1.29 is 13.2 Å². The SMILES string of the molecule is NNC(Cc1ccc(Br)cc1Cl)c1c(F)cc(F)cc1F. The Bertz CT molecular complexity index is 644. The minimum Gasteiger partial charge on any atom is -0.271 e. The molecule has 2 aromatic carbocycles. The molecule has 21 heavy (non-hydrogen) atoms. The Morgan fingerprint density at radius 2 is 1.76 bits per heavy atom.